The number of hydrogen-bond donors (Lipinski definition) is 1. The maximum Gasteiger partial charge on any atom is 0.524 e. The smallest absolute Gasteiger partial charge is 0.459 e. The van der Waals surface area contributed by atoms with Crippen LogP contribution < -0.4 is 0 Å². The van der Waals surface area contributed by atoms with Gasteiger partial charge < -0.3 is 14.6 Å². The number of aliphatic hydroxyl groups excluding tert-OH is 1. The summed E-state index contributed by atoms with van der Waals surface area (Å²) in [5.74, 6) is -1.80. The number of ether oxygens (including phenoxy) is 2. The molecule has 58 heavy (non-hydrogen) atoms. The maximum absolute atomic E-state index is 12.0. The fourth-order valence-corrected chi connectivity index (χ4v) is 4.98. The van der Waals surface area contributed by atoms with Crippen LogP contribution in [0.15, 0.2) is 78.9 Å². The molecule has 0 unspecified atom stereocenters. The van der Waals surface area contributed by atoms with E-state index in [1.807, 2.05) is 66.0 Å². The van der Waals surface area contributed by atoms with Gasteiger partial charge in [0.25, 0.3) is 0 Å². The number of esters is 2. The predicted octanol–water partition coefficient (Wildman–Crippen LogP) is 6.52. The van der Waals surface area contributed by atoms with Crippen molar-refractivity contribution in [1.82, 2.24) is 4.98 Å². The summed E-state index contributed by atoms with van der Waals surface area (Å²) in [4.78, 5) is 26.4. The Bertz CT molecular complexity index is 1980. The van der Waals surface area contributed by atoms with Gasteiger partial charge in [-0.05, 0) is 51.0 Å². The van der Waals surface area contributed by atoms with Gasteiger partial charge in [-0.3, -0.25) is 4.98 Å². The predicted molar refractivity (Wildman–Crippen MR) is 186 cm³/mol. The summed E-state index contributed by atoms with van der Waals surface area (Å²) in [6, 6.07) is 23.7. The van der Waals surface area contributed by atoms with Crippen molar-refractivity contribution in [2.45, 2.75) is 83.5 Å². The standard InChI is InChI=1S/C11H11F3O5S.C10H12O3.C7H9N.C2F6O5S2.C2H6/c1-8(19-20(16,17)11(12,13)14)10(15)18-7-9-5-3-2-4-6-9;1-8(11)10(12)13-7-9-5-3-2-4-6-9;1-6-4-3-5-7(2)8-6;3-1(4,5)14(9,10)13-15(11,12)2(6,7)8;1-2/h2-6,8H,7H2,1H3;2-6,8,11H,7H2,1H3;3-5H,1-2H3;;1-2H3/t2*8-;;;/m00.../s1/i;;;;1D. The lowest BCUT2D eigenvalue weighted by Gasteiger charge is -2.13. The highest BCUT2D eigenvalue weighted by Gasteiger charge is 2.57. The van der Waals surface area contributed by atoms with E-state index in [0.717, 1.165) is 23.9 Å². The summed E-state index contributed by atoms with van der Waals surface area (Å²) in [5, 5.41) is 8.82. The zero-order chi connectivity index (χ0) is 46.5. The Morgan fingerprint density at radius 2 is 0.966 bits per heavy atom. The van der Waals surface area contributed by atoms with Gasteiger partial charge in [0.1, 0.15) is 19.3 Å². The number of pyridine rings is 1. The van der Waals surface area contributed by atoms with Crippen LogP contribution in [0.3, 0.4) is 0 Å². The first-order valence-electron chi connectivity index (χ1n) is 16.1. The van der Waals surface area contributed by atoms with Crippen LogP contribution in [0.1, 0.15) is 51.6 Å². The third-order valence-corrected chi connectivity index (χ3v) is 9.13. The number of halogens is 9. The van der Waals surface area contributed by atoms with E-state index in [1.165, 1.54) is 6.92 Å². The van der Waals surface area contributed by atoms with Gasteiger partial charge in [-0.1, -0.05) is 80.6 Å². The minimum Gasteiger partial charge on any atom is -0.459 e. The molecule has 0 saturated carbocycles. The Balaban J connectivity index is 0. The average Bonchev–Trinajstić information content (AvgIpc) is 3.09. The second-order valence-electron chi connectivity index (χ2n) is 10.3. The molecule has 3 aromatic rings. The van der Waals surface area contributed by atoms with Gasteiger partial charge in [-0.2, -0.15) is 64.8 Å². The third kappa shape index (κ3) is 22.0. The highest BCUT2D eigenvalue weighted by atomic mass is 32.3. The normalized spacial score (nSPS) is 13.1. The monoisotopic (exact) mass is 912 g/mol. The Labute approximate surface area is 329 Å². The van der Waals surface area contributed by atoms with Crippen LogP contribution in [0, 0.1) is 13.8 Å². The van der Waals surface area contributed by atoms with Crippen molar-refractivity contribution in [3.05, 3.63) is 101 Å². The number of rotatable bonds is 10. The summed E-state index contributed by atoms with van der Waals surface area (Å²) < 4.78 is 187. The van der Waals surface area contributed by atoms with E-state index >= 15 is 0 Å². The number of aliphatic hydroxyl groups is 1. The highest BCUT2D eigenvalue weighted by molar-refractivity contribution is 8.00. The quantitative estimate of drug-likeness (QED) is 0.0995. The fraction of sp³-hybridized carbons (Fsp3) is 0.406. The first kappa shape index (κ1) is 53.6. The van der Waals surface area contributed by atoms with Crippen LogP contribution in [0.25, 0.3) is 0 Å². The van der Waals surface area contributed by atoms with Crippen LogP contribution in [0.5, 0.6) is 0 Å². The number of hydrogen-bond acceptors (Lipinski definition) is 14. The molecule has 1 heterocycles. The van der Waals surface area contributed by atoms with Crippen molar-refractivity contribution < 1.29 is 98.1 Å². The fourth-order valence-electron chi connectivity index (χ4n) is 2.85. The second-order valence-corrected chi connectivity index (χ2v) is 15.1. The molecule has 0 amide bonds. The number of nitrogens with zero attached hydrogens (tertiary/aromatic N) is 1. The summed E-state index contributed by atoms with van der Waals surface area (Å²) in [5.41, 5.74) is -14.4. The minimum atomic E-state index is -6.85. The second kappa shape index (κ2) is 24.5. The molecule has 14 nitrogen and oxygen atoms in total. The highest BCUT2D eigenvalue weighted by Crippen LogP contribution is 2.32. The van der Waals surface area contributed by atoms with Crippen molar-refractivity contribution in [3.63, 3.8) is 0 Å². The zero-order valence-corrected chi connectivity index (χ0v) is 33.2. The molecule has 0 aliphatic carbocycles. The molecular formula is C32H38F9NO13S3. The van der Waals surface area contributed by atoms with Gasteiger partial charge in [0.2, 0.25) is 0 Å². The van der Waals surface area contributed by atoms with Gasteiger partial charge >= 0.3 is 58.8 Å². The molecule has 26 heteroatoms. The molecule has 0 spiro atoms. The summed E-state index contributed by atoms with van der Waals surface area (Å²) in [6.45, 7) is 8.54. The molecule has 1 N–H and O–H groups in total. The van der Waals surface area contributed by atoms with Crippen LogP contribution in [-0.2, 0) is 70.4 Å². The Morgan fingerprint density at radius 1 is 0.638 bits per heavy atom. The summed E-state index contributed by atoms with van der Waals surface area (Å²) >= 11 is 0. The molecular weight excluding hydrogens is 874 g/mol. The Hall–Kier alpha value is -4.37. The topological polar surface area (TPSA) is 207 Å². The minimum absolute atomic E-state index is 0.195. The Kier molecular flexibility index (Phi) is 22.7. The van der Waals surface area contributed by atoms with Gasteiger partial charge in [-0.25, -0.2) is 13.8 Å². The summed E-state index contributed by atoms with van der Waals surface area (Å²) in [6.07, 6.45) is -2.94. The van der Waals surface area contributed by atoms with E-state index in [-0.39, 0.29) is 13.2 Å². The lowest BCUT2D eigenvalue weighted by atomic mass is 10.2. The number of alkyl halides is 9. The lowest BCUT2D eigenvalue weighted by Crippen LogP contribution is -2.34. The van der Waals surface area contributed by atoms with Crippen LogP contribution in [0.4, 0.5) is 39.5 Å². The maximum atomic E-state index is 12.0. The lowest BCUT2D eigenvalue weighted by molar-refractivity contribution is -0.154. The van der Waals surface area contributed by atoms with Crippen molar-refractivity contribution in [3.8, 4) is 0 Å². The molecule has 0 radical (unpaired) electrons. The number of benzene rings is 2. The molecule has 2 aromatic carbocycles. The average molecular weight is 913 g/mol. The number of carbonyl (C=O) groups excluding carboxylic acids is 2. The molecule has 330 valence electrons. The largest absolute Gasteiger partial charge is 0.524 e. The van der Waals surface area contributed by atoms with E-state index in [4.69, 9.17) is 11.2 Å². The van der Waals surface area contributed by atoms with Gasteiger partial charge in [0, 0.05) is 12.8 Å². The van der Waals surface area contributed by atoms with Crippen LogP contribution in [0.2, 0.25) is 0 Å². The molecule has 0 bridgehead atoms. The van der Waals surface area contributed by atoms with E-state index in [9.17, 15) is 74.4 Å². The molecule has 0 aliphatic heterocycles. The van der Waals surface area contributed by atoms with Crippen LogP contribution in [-0.4, -0.2) is 76.0 Å². The molecule has 0 aliphatic rings. The SMILES string of the molecule is C[C@H](O)C(=O)OCc1ccccc1.C[C@H](OS(=O)(=O)C(F)(F)F)C(=O)OCc1ccccc1.Cc1cccc(C)n1.O=S(=O)(OS(=O)(=O)C(F)(F)F)C(F)(F)F.[2H]CC. The first-order valence-corrected chi connectivity index (χ1v) is 19.6. The molecule has 3 rings (SSSR count). The summed E-state index contributed by atoms with van der Waals surface area (Å²) in [7, 11) is -19.5. The molecule has 0 fully saturated rings. The van der Waals surface area contributed by atoms with E-state index in [0.29, 0.717) is 12.5 Å². The molecule has 2 atom stereocenters. The van der Waals surface area contributed by atoms with Gasteiger partial charge in [-0.15, -0.1) is 3.63 Å². The first-order chi connectivity index (χ1) is 26.7. The third-order valence-electron chi connectivity index (χ3n) is 5.45. The van der Waals surface area contributed by atoms with Crippen molar-refractivity contribution in [2.24, 2.45) is 0 Å². The van der Waals surface area contributed by atoms with Crippen molar-refractivity contribution in [1.29, 1.82) is 0 Å². The van der Waals surface area contributed by atoms with Crippen molar-refractivity contribution >= 4 is 42.3 Å². The number of aromatic nitrogens is 1. The van der Waals surface area contributed by atoms with E-state index in [2.05, 4.69) is 13.9 Å². The molecule has 0 saturated heterocycles. The van der Waals surface area contributed by atoms with Gasteiger partial charge in [0.15, 0.2) is 6.10 Å². The number of aryl methyl sites for hydroxylation is 2. The van der Waals surface area contributed by atoms with E-state index < -0.39 is 71.0 Å². The molecule has 1 aromatic heterocycles. The Morgan fingerprint density at radius 3 is 1.24 bits per heavy atom. The van der Waals surface area contributed by atoms with E-state index in [1.54, 1.807) is 37.3 Å². The number of carbonyl (C=O) groups is 2. The zero-order valence-electron chi connectivity index (χ0n) is 31.7. The van der Waals surface area contributed by atoms with Gasteiger partial charge in [0.05, 0.1) is 0 Å². The van der Waals surface area contributed by atoms with Crippen molar-refractivity contribution in [2.75, 3.05) is 0 Å². The van der Waals surface area contributed by atoms with Crippen LogP contribution >= 0.6 is 0 Å².